The van der Waals surface area contributed by atoms with Crippen LogP contribution in [0.2, 0.25) is 5.02 Å². The fraction of sp³-hybridized carbons (Fsp3) is 0.278. The van der Waals surface area contributed by atoms with Crippen LogP contribution in [-0.4, -0.2) is 29.6 Å². The van der Waals surface area contributed by atoms with E-state index in [-0.39, 0.29) is 5.91 Å². The van der Waals surface area contributed by atoms with E-state index in [1.165, 1.54) is 0 Å². The Labute approximate surface area is 153 Å². The van der Waals surface area contributed by atoms with E-state index in [4.69, 9.17) is 21.1 Å². The lowest BCUT2D eigenvalue weighted by Crippen LogP contribution is -2.22. The van der Waals surface area contributed by atoms with E-state index in [1.807, 2.05) is 6.07 Å². The Morgan fingerprint density at radius 1 is 1.20 bits per heavy atom. The van der Waals surface area contributed by atoms with Crippen LogP contribution in [0.15, 0.2) is 41.3 Å². The topological polar surface area (TPSA) is 64.6 Å². The van der Waals surface area contributed by atoms with E-state index in [0.717, 1.165) is 12.0 Å². The Bertz CT molecular complexity index is 807. The summed E-state index contributed by atoms with van der Waals surface area (Å²) in [5, 5.41) is 3.31. The third-order valence-corrected chi connectivity index (χ3v) is 4.98. The SMILES string of the molecule is C[S@@](=O)c1ccc(C(=O)NCc2cc(Cl)c3c(c2)OCCCO3)cc1. The molecule has 2 aromatic carbocycles. The van der Waals surface area contributed by atoms with Gasteiger partial charge < -0.3 is 14.8 Å². The number of nitrogens with one attached hydrogen (secondary N) is 1. The van der Waals surface area contributed by atoms with Gasteiger partial charge in [0.15, 0.2) is 11.5 Å². The first kappa shape index (κ1) is 17.8. The lowest BCUT2D eigenvalue weighted by Gasteiger charge is -2.12. The molecule has 0 saturated heterocycles. The van der Waals surface area contributed by atoms with Crippen LogP contribution in [0.4, 0.5) is 0 Å². The van der Waals surface area contributed by atoms with Crippen molar-refractivity contribution in [3.05, 3.63) is 52.5 Å². The van der Waals surface area contributed by atoms with Gasteiger partial charge in [0, 0.05) is 40.5 Å². The molecular weight excluding hydrogens is 362 g/mol. The van der Waals surface area contributed by atoms with E-state index in [1.54, 1.807) is 36.6 Å². The summed E-state index contributed by atoms with van der Waals surface area (Å²) in [4.78, 5) is 12.9. The van der Waals surface area contributed by atoms with Crippen LogP contribution in [0.3, 0.4) is 0 Å². The van der Waals surface area contributed by atoms with Crippen molar-refractivity contribution in [2.24, 2.45) is 0 Å². The van der Waals surface area contributed by atoms with Gasteiger partial charge in [-0.1, -0.05) is 11.6 Å². The van der Waals surface area contributed by atoms with Crippen molar-refractivity contribution in [1.82, 2.24) is 5.32 Å². The van der Waals surface area contributed by atoms with Gasteiger partial charge >= 0.3 is 0 Å². The smallest absolute Gasteiger partial charge is 0.251 e. The zero-order valence-corrected chi connectivity index (χ0v) is 15.3. The highest BCUT2D eigenvalue weighted by Gasteiger charge is 2.16. The number of hydrogen-bond donors (Lipinski definition) is 1. The highest BCUT2D eigenvalue weighted by molar-refractivity contribution is 7.84. The monoisotopic (exact) mass is 379 g/mol. The molecule has 1 aliphatic heterocycles. The quantitative estimate of drug-likeness (QED) is 0.886. The zero-order valence-electron chi connectivity index (χ0n) is 13.7. The van der Waals surface area contributed by atoms with Crippen LogP contribution >= 0.6 is 11.6 Å². The van der Waals surface area contributed by atoms with Gasteiger partial charge in [-0.15, -0.1) is 0 Å². The Morgan fingerprint density at radius 2 is 1.92 bits per heavy atom. The molecule has 0 radical (unpaired) electrons. The fourth-order valence-electron chi connectivity index (χ4n) is 2.47. The summed E-state index contributed by atoms with van der Waals surface area (Å²) in [5.41, 5.74) is 1.34. The number of rotatable bonds is 4. The van der Waals surface area contributed by atoms with Crippen molar-refractivity contribution in [2.45, 2.75) is 17.9 Å². The highest BCUT2D eigenvalue weighted by Crippen LogP contribution is 2.37. The molecule has 1 heterocycles. The van der Waals surface area contributed by atoms with Gasteiger partial charge in [-0.25, -0.2) is 0 Å². The minimum atomic E-state index is -1.06. The molecule has 1 amide bonds. The maximum Gasteiger partial charge on any atom is 0.251 e. The summed E-state index contributed by atoms with van der Waals surface area (Å²) < 4.78 is 22.6. The van der Waals surface area contributed by atoms with E-state index in [9.17, 15) is 9.00 Å². The van der Waals surface area contributed by atoms with Crippen molar-refractivity contribution >= 4 is 28.3 Å². The molecule has 1 atom stereocenters. The lowest BCUT2D eigenvalue weighted by molar-refractivity contribution is 0.0951. The first-order valence-electron chi connectivity index (χ1n) is 7.84. The van der Waals surface area contributed by atoms with E-state index in [0.29, 0.717) is 46.7 Å². The molecule has 0 aromatic heterocycles. The molecule has 1 aliphatic rings. The largest absolute Gasteiger partial charge is 0.489 e. The molecule has 5 nitrogen and oxygen atoms in total. The first-order valence-corrected chi connectivity index (χ1v) is 9.78. The number of benzene rings is 2. The third kappa shape index (κ3) is 4.32. The number of carbonyl (C=O) groups is 1. The Morgan fingerprint density at radius 3 is 2.64 bits per heavy atom. The summed E-state index contributed by atoms with van der Waals surface area (Å²) in [5.74, 6) is 0.943. The third-order valence-electron chi connectivity index (χ3n) is 3.76. The Hall–Kier alpha value is -2.05. The molecule has 0 bridgehead atoms. The molecule has 0 saturated carbocycles. The summed E-state index contributed by atoms with van der Waals surface area (Å²) in [6, 6.07) is 10.3. The molecule has 7 heteroatoms. The second-order valence-electron chi connectivity index (χ2n) is 5.62. The second kappa shape index (κ2) is 7.89. The van der Waals surface area contributed by atoms with Crippen LogP contribution in [0, 0.1) is 0 Å². The van der Waals surface area contributed by atoms with Crippen LogP contribution < -0.4 is 14.8 Å². The van der Waals surface area contributed by atoms with Crippen LogP contribution in [-0.2, 0) is 17.3 Å². The highest BCUT2D eigenvalue weighted by atomic mass is 35.5. The lowest BCUT2D eigenvalue weighted by atomic mass is 10.1. The van der Waals surface area contributed by atoms with Crippen molar-refractivity contribution in [2.75, 3.05) is 19.5 Å². The summed E-state index contributed by atoms with van der Waals surface area (Å²) in [6.45, 7) is 1.46. The van der Waals surface area contributed by atoms with Gasteiger partial charge in [0.2, 0.25) is 0 Å². The predicted octanol–water partition coefficient (Wildman–Crippen LogP) is 3.17. The maximum atomic E-state index is 12.3. The maximum absolute atomic E-state index is 12.3. The van der Waals surface area contributed by atoms with Gasteiger partial charge in [0.25, 0.3) is 5.91 Å². The fourth-order valence-corrected chi connectivity index (χ4v) is 3.28. The molecule has 3 rings (SSSR count). The average molecular weight is 380 g/mol. The molecule has 0 aliphatic carbocycles. The van der Waals surface area contributed by atoms with Gasteiger partial charge in [0.1, 0.15) is 0 Å². The van der Waals surface area contributed by atoms with Gasteiger partial charge in [0.05, 0.1) is 18.2 Å². The number of ether oxygens (including phenoxy) is 2. The minimum absolute atomic E-state index is 0.211. The number of amides is 1. The number of carbonyl (C=O) groups excluding carboxylic acids is 1. The van der Waals surface area contributed by atoms with Crippen LogP contribution in [0.5, 0.6) is 11.5 Å². The molecule has 132 valence electrons. The molecule has 0 spiro atoms. The summed E-state index contributed by atoms with van der Waals surface area (Å²) in [6.07, 6.45) is 2.40. The molecule has 25 heavy (non-hydrogen) atoms. The number of halogens is 1. The van der Waals surface area contributed by atoms with E-state index >= 15 is 0 Å². The van der Waals surface area contributed by atoms with E-state index in [2.05, 4.69) is 5.32 Å². The molecular formula is C18H18ClNO4S. The first-order chi connectivity index (χ1) is 12.0. The summed E-state index contributed by atoms with van der Waals surface area (Å²) >= 11 is 6.25. The van der Waals surface area contributed by atoms with Crippen molar-refractivity contribution < 1.29 is 18.5 Å². The summed E-state index contributed by atoms with van der Waals surface area (Å²) in [7, 11) is -1.06. The molecule has 0 unspecified atom stereocenters. The van der Waals surface area contributed by atoms with Crippen LogP contribution in [0.25, 0.3) is 0 Å². The predicted molar refractivity (Wildman–Crippen MR) is 97.0 cm³/mol. The average Bonchev–Trinajstić information content (AvgIpc) is 2.85. The normalized spacial score (nSPS) is 14.5. The Balaban J connectivity index is 1.68. The van der Waals surface area contributed by atoms with E-state index < -0.39 is 10.8 Å². The molecule has 0 fully saturated rings. The van der Waals surface area contributed by atoms with Crippen molar-refractivity contribution in [3.8, 4) is 11.5 Å². The standard InChI is InChI=1S/C18H18ClNO4S/c1-25(22)14-5-3-13(4-6-14)18(21)20-11-12-9-15(19)17-16(10-12)23-7-2-8-24-17/h3-6,9-10H,2,7-8,11H2,1H3,(H,20,21)/t25-/m1/s1. The number of hydrogen-bond acceptors (Lipinski definition) is 4. The van der Waals surface area contributed by atoms with Gasteiger partial charge in [-0.05, 0) is 42.0 Å². The number of fused-ring (bicyclic) bond motifs is 1. The second-order valence-corrected chi connectivity index (χ2v) is 7.40. The van der Waals surface area contributed by atoms with Crippen molar-refractivity contribution in [3.63, 3.8) is 0 Å². The van der Waals surface area contributed by atoms with Gasteiger partial charge in [-0.2, -0.15) is 0 Å². The Kier molecular flexibility index (Phi) is 5.60. The molecule has 2 aromatic rings. The van der Waals surface area contributed by atoms with Gasteiger partial charge in [-0.3, -0.25) is 9.00 Å². The molecule has 1 N–H and O–H groups in total. The van der Waals surface area contributed by atoms with Crippen molar-refractivity contribution in [1.29, 1.82) is 0 Å². The minimum Gasteiger partial charge on any atom is -0.489 e. The zero-order chi connectivity index (χ0) is 17.8. The van der Waals surface area contributed by atoms with Crippen LogP contribution in [0.1, 0.15) is 22.3 Å².